The minimum atomic E-state index is -4.53. The van der Waals surface area contributed by atoms with E-state index in [0.29, 0.717) is 4.47 Å². The van der Waals surface area contributed by atoms with Crippen LogP contribution in [0.4, 0.5) is 13.2 Å². The Hall–Kier alpha value is -0.470. The number of halogens is 5. The van der Waals surface area contributed by atoms with Crippen LogP contribution in [0.3, 0.4) is 0 Å². The van der Waals surface area contributed by atoms with Crippen molar-refractivity contribution in [3.8, 4) is 11.5 Å². The molecule has 3 N–H and O–H groups in total. The molecule has 0 radical (unpaired) electrons. The van der Waals surface area contributed by atoms with Gasteiger partial charge in [0.1, 0.15) is 22.1 Å². The zero-order chi connectivity index (χ0) is 22.6. The first-order valence-electron chi connectivity index (χ1n) is 8.46. The van der Waals surface area contributed by atoms with E-state index in [2.05, 4.69) is 36.6 Å². The topological polar surface area (TPSA) is 84.8 Å². The van der Waals surface area contributed by atoms with Crippen LogP contribution in [0, 0.1) is 5.82 Å². The summed E-state index contributed by atoms with van der Waals surface area (Å²) in [5, 5.41) is -4.01. The molecule has 1 aliphatic rings. The zero-order valence-corrected chi connectivity index (χ0v) is 20.7. The summed E-state index contributed by atoms with van der Waals surface area (Å²) in [5.74, 6) is -0.424. The van der Waals surface area contributed by atoms with E-state index >= 15 is 0 Å². The highest BCUT2D eigenvalue weighted by Crippen LogP contribution is 2.73. The summed E-state index contributed by atoms with van der Waals surface area (Å²) < 4.78 is 84.2. The van der Waals surface area contributed by atoms with Gasteiger partial charge in [-0.05, 0) is 61.0 Å². The van der Waals surface area contributed by atoms with E-state index < -0.39 is 43.8 Å². The largest absolute Gasteiger partial charge is 0.598 e. The molecule has 1 heterocycles. The molecule has 1 unspecified atom stereocenters. The molecule has 0 saturated heterocycles. The molecule has 0 aromatic heterocycles. The number of ether oxygens (including phenoxy) is 1. The Morgan fingerprint density at radius 2 is 1.83 bits per heavy atom. The van der Waals surface area contributed by atoms with Crippen LogP contribution in [0.25, 0.3) is 0 Å². The highest BCUT2D eigenvalue weighted by molar-refractivity contribution is 9.10. The minimum Gasteiger partial charge on any atom is -0.598 e. The number of hydrogen-bond acceptors (Lipinski definition) is 5. The maximum atomic E-state index is 15.0. The molecule has 0 aliphatic carbocycles. The number of alkyl halides is 2. The van der Waals surface area contributed by atoms with E-state index in [9.17, 15) is 26.8 Å². The standard InChI is InChI=1S/C18H18Br2F3NO4S2/c1-17(2,3)29(25)24-16-14-13(30(26,27)18(16,22)23)5-4-12(15(14)20)28-11-7-9(19)6-10(21)8-11/h4-8,16,24,26-27H,1-3H3/t16?,29-/m1/s1. The Kier molecular flexibility index (Phi) is 6.56. The van der Waals surface area contributed by atoms with E-state index in [-0.39, 0.29) is 26.4 Å². The summed E-state index contributed by atoms with van der Waals surface area (Å²) in [4.78, 5) is -0.379. The lowest BCUT2D eigenvalue weighted by Crippen LogP contribution is -2.46. The van der Waals surface area contributed by atoms with Crippen LogP contribution in [0.15, 0.2) is 44.2 Å². The van der Waals surface area contributed by atoms with Gasteiger partial charge >= 0.3 is 5.25 Å². The fraction of sp³-hybridized carbons (Fsp3) is 0.333. The van der Waals surface area contributed by atoms with Gasteiger partial charge in [-0.25, -0.2) is 4.39 Å². The maximum Gasteiger partial charge on any atom is 0.365 e. The van der Waals surface area contributed by atoms with Crippen molar-refractivity contribution in [2.45, 2.75) is 41.7 Å². The zero-order valence-electron chi connectivity index (χ0n) is 15.9. The van der Waals surface area contributed by atoms with Gasteiger partial charge in [0.05, 0.1) is 9.37 Å². The van der Waals surface area contributed by atoms with Crippen molar-refractivity contribution < 1.29 is 31.6 Å². The summed E-state index contributed by atoms with van der Waals surface area (Å²) in [7, 11) is -4.53. The van der Waals surface area contributed by atoms with Crippen molar-refractivity contribution in [1.29, 1.82) is 0 Å². The third-order valence-electron chi connectivity index (χ3n) is 4.26. The predicted octanol–water partition coefficient (Wildman–Crippen LogP) is 6.95. The van der Waals surface area contributed by atoms with Crippen LogP contribution >= 0.6 is 42.4 Å². The predicted molar refractivity (Wildman–Crippen MR) is 118 cm³/mol. The summed E-state index contributed by atoms with van der Waals surface area (Å²) in [6.07, 6.45) is 0. The van der Waals surface area contributed by atoms with E-state index in [1.54, 1.807) is 20.8 Å². The number of benzene rings is 2. The second-order valence-electron chi connectivity index (χ2n) is 7.54. The lowest BCUT2D eigenvalue weighted by molar-refractivity contribution is 0.0511. The average Bonchev–Trinajstić information content (AvgIpc) is 2.73. The van der Waals surface area contributed by atoms with Crippen LogP contribution in [0.5, 0.6) is 11.5 Å². The van der Waals surface area contributed by atoms with Crippen LogP contribution in [0.1, 0.15) is 32.4 Å². The molecule has 0 amide bonds. The summed E-state index contributed by atoms with van der Waals surface area (Å²) >= 11 is 4.41. The van der Waals surface area contributed by atoms with Gasteiger partial charge in [0.15, 0.2) is 6.04 Å². The smallest absolute Gasteiger partial charge is 0.365 e. The van der Waals surface area contributed by atoms with Crippen LogP contribution < -0.4 is 9.46 Å². The molecule has 12 heteroatoms. The maximum absolute atomic E-state index is 15.0. The molecule has 2 aromatic rings. The van der Waals surface area contributed by atoms with Gasteiger partial charge in [-0.3, -0.25) is 9.11 Å². The first-order valence-corrected chi connectivity index (χ1v) is 12.7. The fourth-order valence-electron chi connectivity index (χ4n) is 2.76. The van der Waals surface area contributed by atoms with E-state index in [1.807, 2.05) is 0 Å². The number of hydrogen-bond donors (Lipinski definition) is 3. The van der Waals surface area contributed by atoms with Crippen molar-refractivity contribution in [3.63, 3.8) is 0 Å². The number of fused-ring (bicyclic) bond motifs is 1. The van der Waals surface area contributed by atoms with Gasteiger partial charge < -0.3 is 9.29 Å². The molecule has 2 atom stereocenters. The highest BCUT2D eigenvalue weighted by atomic mass is 79.9. The molecule has 1 aliphatic heterocycles. The first kappa shape index (κ1) is 24.2. The van der Waals surface area contributed by atoms with Crippen molar-refractivity contribution in [1.82, 2.24) is 4.72 Å². The molecule has 5 nitrogen and oxygen atoms in total. The average molecular weight is 593 g/mol. The summed E-state index contributed by atoms with van der Waals surface area (Å²) in [5.41, 5.74) is -0.175. The molecule has 0 fully saturated rings. The third kappa shape index (κ3) is 4.25. The van der Waals surface area contributed by atoms with Gasteiger partial charge in [-0.2, -0.15) is 8.78 Å². The number of nitrogens with one attached hydrogen (secondary N) is 1. The molecular weight excluding hydrogens is 575 g/mol. The van der Waals surface area contributed by atoms with Gasteiger partial charge in [-0.1, -0.05) is 15.9 Å². The Labute approximate surface area is 193 Å². The van der Waals surface area contributed by atoms with Crippen molar-refractivity contribution in [2.75, 3.05) is 0 Å². The summed E-state index contributed by atoms with van der Waals surface area (Å²) in [6.45, 7) is 4.79. The SMILES string of the molecule is CC(C)(C)[S@@+]([O-])NC1c2c(ccc(Oc3cc(F)cc(Br)c3)c2Br)S(O)(O)C1(F)F. The molecule has 0 spiro atoms. The van der Waals surface area contributed by atoms with Gasteiger partial charge in [0.25, 0.3) is 0 Å². The highest BCUT2D eigenvalue weighted by Gasteiger charge is 2.63. The van der Waals surface area contributed by atoms with E-state index in [0.717, 1.165) is 12.1 Å². The molecule has 2 aromatic carbocycles. The fourth-order valence-corrected chi connectivity index (χ4v) is 6.48. The van der Waals surface area contributed by atoms with Crippen molar-refractivity contribution in [3.05, 3.63) is 50.7 Å². The quantitative estimate of drug-likeness (QED) is 0.334. The van der Waals surface area contributed by atoms with Crippen LogP contribution in [-0.2, 0) is 11.4 Å². The molecule has 0 bridgehead atoms. The summed E-state index contributed by atoms with van der Waals surface area (Å²) in [6, 6.07) is 4.26. The van der Waals surface area contributed by atoms with Crippen LogP contribution in [-0.4, -0.2) is 23.7 Å². The molecule has 30 heavy (non-hydrogen) atoms. The molecule has 166 valence electrons. The van der Waals surface area contributed by atoms with E-state index in [1.165, 1.54) is 18.2 Å². The Morgan fingerprint density at radius 1 is 1.20 bits per heavy atom. The van der Waals surface area contributed by atoms with Crippen LogP contribution in [0.2, 0.25) is 0 Å². The number of rotatable bonds is 4. The van der Waals surface area contributed by atoms with E-state index in [4.69, 9.17) is 4.74 Å². The Morgan fingerprint density at radius 3 is 2.40 bits per heavy atom. The lowest BCUT2D eigenvalue weighted by Gasteiger charge is -2.36. The lowest BCUT2D eigenvalue weighted by atomic mass is 10.1. The normalized spacial score (nSPS) is 21.8. The molecule has 0 saturated carbocycles. The van der Waals surface area contributed by atoms with Crippen molar-refractivity contribution in [2.24, 2.45) is 0 Å². The van der Waals surface area contributed by atoms with Gasteiger partial charge in [0.2, 0.25) is 0 Å². The Balaban J connectivity index is 2.09. The molecule has 3 rings (SSSR count). The van der Waals surface area contributed by atoms with Crippen molar-refractivity contribution >= 4 is 53.8 Å². The molecular formula is C18H18Br2F3NO4S2. The monoisotopic (exact) mass is 591 g/mol. The van der Waals surface area contributed by atoms with Gasteiger partial charge in [0, 0.05) is 27.5 Å². The first-order chi connectivity index (χ1) is 13.7. The minimum absolute atomic E-state index is 0.0148. The van der Waals surface area contributed by atoms with Gasteiger partial charge in [-0.15, -0.1) is 15.3 Å². The Bertz CT molecular complexity index is 968. The second-order valence-corrected chi connectivity index (χ2v) is 13.3. The third-order valence-corrected chi connectivity index (χ3v) is 9.06. The second kappa shape index (κ2) is 8.14.